The Kier molecular flexibility index (Phi) is 6.45. The molecule has 0 heterocycles. The van der Waals surface area contributed by atoms with Crippen molar-refractivity contribution >= 4 is 39.8 Å². The third kappa shape index (κ3) is 6.69. The minimum Gasteiger partial charge on any atom is -0.452 e. The number of nitrogens with one attached hydrogen (secondary N) is 1. The molecule has 0 aromatic heterocycles. The van der Waals surface area contributed by atoms with Crippen molar-refractivity contribution < 1.29 is 19.1 Å². The molecule has 0 radical (unpaired) electrons. The highest BCUT2D eigenvalue weighted by Crippen LogP contribution is 2.12. The number of nitrogens with two attached hydrogens (primary N) is 1. The van der Waals surface area contributed by atoms with Crippen molar-refractivity contribution in [3.63, 3.8) is 0 Å². The van der Waals surface area contributed by atoms with Crippen molar-refractivity contribution in [2.45, 2.75) is 0 Å². The number of primary amides is 1. The van der Waals surface area contributed by atoms with Crippen molar-refractivity contribution in [2.75, 3.05) is 13.2 Å². The van der Waals surface area contributed by atoms with Gasteiger partial charge in [0, 0.05) is 10.5 Å². The predicted octanol–water partition coefficient (Wildman–Crippen LogP) is 0.607. The van der Waals surface area contributed by atoms with E-state index in [1.165, 1.54) is 6.08 Å². The van der Waals surface area contributed by atoms with Gasteiger partial charge in [-0.3, -0.25) is 9.59 Å². The minimum absolute atomic E-state index is 0.287. The number of ether oxygens (including phenoxy) is 1. The van der Waals surface area contributed by atoms with E-state index in [2.05, 4.69) is 26.0 Å². The van der Waals surface area contributed by atoms with Crippen molar-refractivity contribution in [2.24, 2.45) is 5.73 Å². The van der Waals surface area contributed by atoms with Crippen molar-refractivity contribution in [3.05, 3.63) is 40.4 Å². The summed E-state index contributed by atoms with van der Waals surface area (Å²) in [6.07, 6.45) is 2.78. The number of carbonyl (C=O) groups excluding carboxylic acids is 3. The molecule has 6 nitrogen and oxygen atoms in total. The molecule has 0 atom stereocenters. The summed E-state index contributed by atoms with van der Waals surface area (Å²) in [4.78, 5) is 32.9. The third-order valence-electron chi connectivity index (χ3n) is 2.07. The maximum atomic E-state index is 11.4. The van der Waals surface area contributed by atoms with Crippen LogP contribution in [-0.4, -0.2) is 30.9 Å². The zero-order chi connectivity index (χ0) is 15.0. The molecule has 2 amide bonds. The average molecular weight is 341 g/mol. The van der Waals surface area contributed by atoms with Crippen molar-refractivity contribution in [1.82, 2.24) is 5.32 Å². The van der Waals surface area contributed by atoms with Gasteiger partial charge in [0.05, 0.1) is 6.54 Å². The van der Waals surface area contributed by atoms with E-state index < -0.39 is 24.4 Å². The van der Waals surface area contributed by atoms with Crippen LogP contribution in [0.2, 0.25) is 0 Å². The minimum atomic E-state index is -0.667. The van der Waals surface area contributed by atoms with Gasteiger partial charge in [-0.1, -0.05) is 28.1 Å². The molecule has 1 rings (SSSR count). The predicted molar refractivity (Wildman–Crippen MR) is 76.3 cm³/mol. The maximum absolute atomic E-state index is 11.4. The normalized spacial score (nSPS) is 10.2. The Morgan fingerprint density at radius 2 is 2.10 bits per heavy atom. The van der Waals surface area contributed by atoms with E-state index in [0.29, 0.717) is 0 Å². The Balaban J connectivity index is 2.36. The first-order valence-corrected chi connectivity index (χ1v) is 6.42. The van der Waals surface area contributed by atoms with Gasteiger partial charge in [0.2, 0.25) is 5.91 Å². The smallest absolute Gasteiger partial charge is 0.331 e. The first kappa shape index (κ1) is 15.9. The van der Waals surface area contributed by atoms with Crippen LogP contribution >= 0.6 is 15.9 Å². The lowest BCUT2D eigenvalue weighted by Gasteiger charge is -2.02. The fourth-order valence-corrected chi connectivity index (χ4v) is 1.61. The van der Waals surface area contributed by atoms with E-state index in [0.717, 1.165) is 10.0 Å². The Labute approximate surface area is 124 Å². The molecule has 106 valence electrons. The van der Waals surface area contributed by atoms with Crippen molar-refractivity contribution in [3.8, 4) is 0 Å². The SMILES string of the molecule is NC(=O)CNC(=O)COC(=O)/C=C/c1cccc(Br)c1. The molecule has 1 aromatic carbocycles. The lowest BCUT2D eigenvalue weighted by molar-refractivity contribution is -0.143. The molecule has 0 aliphatic carbocycles. The summed E-state index contributed by atoms with van der Waals surface area (Å²) in [5.41, 5.74) is 5.66. The summed E-state index contributed by atoms with van der Waals surface area (Å²) >= 11 is 3.31. The Morgan fingerprint density at radius 1 is 1.35 bits per heavy atom. The number of esters is 1. The summed E-state index contributed by atoms with van der Waals surface area (Å²) in [5.74, 6) is -1.91. The van der Waals surface area contributed by atoms with Crippen LogP contribution in [0.1, 0.15) is 5.56 Å². The molecular formula is C13H13BrN2O4. The lowest BCUT2D eigenvalue weighted by atomic mass is 10.2. The van der Waals surface area contributed by atoms with Crippen LogP contribution in [0.4, 0.5) is 0 Å². The Bertz CT molecular complexity index is 543. The number of rotatable bonds is 6. The molecule has 0 aliphatic heterocycles. The number of hydrogen-bond acceptors (Lipinski definition) is 4. The van der Waals surface area contributed by atoms with E-state index in [1.807, 2.05) is 24.3 Å². The molecule has 7 heteroatoms. The summed E-state index contributed by atoms with van der Waals surface area (Å²) in [7, 11) is 0. The fourth-order valence-electron chi connectivity index (χ4n) is 1.20. The summed E-state index contributed by atoms with van der Waals surface area (Å²) in [5, 5.41) is 2.20. The average Bonchev–Trinajstić information content (AvgIpc) is 2.40. The number of amides is 2. The number of hydrogen-bond donors (Lipinski definition) is 2. The van der Waals surface area contributed by atoms with Gasteiger partial charge in [-0.15, -0.1) is 0 Å². The molecular weight excluding hydrogens is 328 g/mol. The van der Waals surface area contributed by atoms with E-state index >= 15 is 0 Å². The molecule has 0 spiro atoms. The first-order chi connectivity index (χ1) is 9.47. The second kappa shape index (κ2) is 8.11. The highest BCUT2D eigenvalue weighted by atomic mass is 79.9. The van der Waals surface area contributed by atoms with Crippen LogP contribution in [0.3, 0.4) is 0 Å². The van der Waals surface area contributed by atoms with Gasteiger partial charge in [-0.25, -0.2) is 4.79 Å². The van der Waals surface area contributed by atoms with E-state index in [-0.39, 0.29) is 6.54 Å². The molecule has 1 aromatic rings. The molecule has 0 saturated heterocycles. The van der Waals surface area contributed by atoms with E-state index in [4.69, 9.17) is 5.73 Å². The third-order valence-corrected chi connectivity index (χ3v) is 2.56. The molecule has 20 heavy (non-hydrogen) atoms. The Morgan fingerprint density at radius 3 is 2.75 bits per heavy atom. The van der Waals surface area contributed by atoms with Crippen LogP contribution in [-0.2, 0) is 19.1 Å². The molecule has 3 N–H and O–H groups in total. The van der Waals surface area contributed by atoms with Crippen LogP contribution in [0, 0.1) is 0 Å². The quantitative estimate of drug-likeness (QED) is 0.585. The largest absolute Gasteiger partial charge is 0.452 e. The standard InChI is InChI=1S/C13H13BrN2O4/c14-10-3-1-2-9(6-10)4-5-13(19)20-8-12(18)16-7-11(15)17/h1-6H,7-8H2,(H2,15,17)(H,16,18)/b5-4+. The molecule has 0 aliphatic rings. The summed E-state index contributed by atoms with van der Waals surface area (Å²) < 4.78 is 5.57. The number of benzene rings is 1. The molecule has 0 unspecified atom stereocenters. The van der Waals surface area contributed by atoms with Gasteiger partial charge in [-0.05, 0) is 23.8 Å². The topological polar surface area (TPSA) is 98.5 Å². The number of halogens is 1. The summed E-state index contributed by atoms with van der Waals surface area (Å²) in [6.45, 7) is -0.751. The fraction of sp³-hybridized carbons (Fsp3) is 0.154. The van der Waals surface area contributed by atoms with Crippen LogP contribution < -0.4 is 11.1 Å². The summed E-state index contributed by atoms with van der Waals surface area (Å²) in [6, 6.07) is 7.32. The van der Waals surface area contributed by atoms with Gasteiger partial charge in [0.1, 0.15) is 0 Å². The second-order valence-electron chi connectivity index (χ2n) is 3.74. The van der Waals surface area contributed by atoms with Crippen LogP contribution in [0.25, 0.3) is 6.08 Å². The van der Waals surface area contributed by atoms with Gasteiger partial charge in [-0.2, -0.15) is 0 Å². The highest BCUT2D eigenvalue weighted by Gasteiger charge is 2.05. The van der Waals surface area contributed by atoms with Crippen LogP contribution in [0.15, 0.2) is 34.8 Å². The highest BCUT2D eigenvalue weighted by molar-refractivity contribution is 9.10. The van der Waals surface area contributed by atoms with E-state index in [9.17, 15) is 14.4 Å². The Hall–Kier alpha value is -2.15. The van der Waals surface area contributed by atoms with Gasteiger partial charge in [0.25, 0.3) is 5.91 Å². The first-order valence-electron chi connectivity index (χ1n) is 5.63. The zero-order valence-corrected chi connectivity index (χ0v) is 12.1. The van der Waals surface area contributed by atoms with Gasteiger partial charge < -0.3 is 15.8 Å². The van der Waals surface area contributed by atoms with Crippen LogP contribution in [0.5, 0.6) is 0 Å². The number of carbonyl (C=O) groups is 3. The second-order valence-corrected chi connectivity index (χ2v) is 4.65. The lowest BCUT2D eigenvalue weighted by Crippen LogP contribution is -2.35. The monoisotopic (exact) mass is 340 g/mol. The van der Waals surface area contributed by atoms with Crippen molar-refractivity contribution in [1.29, 1.82) is 0 Å². The zero-order valence-electron chi connectivity index (χ0n) is 10.5. The molecule has 0 bridgehead atoms. The van der Waals surface area contributed by atoms with Gasteiger partial charge in [0.15, 0.2) is 6.61 Å². The molecule has 0 fully saturated rings. The van der Waals surface area contributed by atoms with Gasteiger partial charge >= 0.3 is 5.97 Å². The maximum Gasteiger partial charge on any atom is 0.331 e. The van der Waals surface area contributed by atoms with E-state index in [1.54, 1.807) is 6.08 Å². The molecule has 0 saturated carbocycles.